The Labute approximate surface area is 260 Å². The van der Waals surface area contributed by atoms with Gasteiger partial charge in [0, 0.05) is 5.69 Å². The van der Waals surface area contributed by atoms with Crippen molar-refractivity contribution in [3.8, 4) is 33.4 Å². The van der Waals surface area contributed by atoms with Gasteiger partial charge < -0.3 is 11.1 Å². The van der Waals surface area contributed by atoms with Crippen molar-refractivity contribution in [1.82, 2.24) is 0 Å². The molecule has 0 bridgehead atoms. The Morgan fingerprint density at radius 1 is 0.409 bits per heavy atom. The third-order valence-corrected chi connectivity index (χ3v) is 8.13. The average molecular weight is 571 g/mol. The van der Waals surface area contributed by atoms with Gasteiger partial charge in [-0.3, -0.25) is 0 Å². The molecule has 2 heteroatoms. The van der Waals surface area contributed by atoms with Crippen LogP contribution in [0.3, 0.4) is 0 Å². The molecule has 0 saturated carbocycles. The maximum Gasteiger partial charge on any atom is 0.0617 e. The van der Waals surface area contributed by atoms with E-state index >= 15 is 0 Å². The highest BCUT2D eigenvalue weighted by Gasteiger charge is 2.16. The van der Waals surface area contributed by atoms with E-state index < -0.39 is 0 Å². The average Bonchev–Trinajstić information content (AvgIpc) is 3.09. The lowest BCUT2D eigenvalue weighted by molar-refractivity contribution is 0.886. The number of nitrogen functional groups attached to an aromatic ring is 1. The van der Waals surface area contributed by atoms with Crippen LogP contribution in [0.2, 0.25) is 0 Å². The third-order valence-electron chi connectivity index (χ3n) is 8.13. The first kappa shape index (κ1) is 28.8. The first-order valence-electron chi connectivity index (χ1n) is 15.5. The number of anilines is 3. The normalized spacial score (nSPS) is 10.8. The third kappa shape index (κ3) is 5.93. The molecule has 3 N–H and O–H groups in total. The SMILES string of the molecule is CCCC.Nc1ccccc1Nc1ccc(-c2c3ccccc3c(-c3ccc(-c4ccccc4)cc3)c3ccccc23)cc1. The van der Waals surface area contributed by atoms with Crippen molar-refractivity contribution in [3.05, 3.63) is 152 Å². The summed E-state index contributed by atoms with van der Waals surface area (Å²) >= 11 is 0. The van der Waals surface area contributed by atoms with Crippen LogP contribution in [0.4, 0.5) is 17.1 Å². The van der Waals surface area contributed by atoms with Gasteiger partial charge in [-0.25, -0.2) is 0 Å². The Kier molecular flexibility index (Phi) is 8.70. The molecule has 0 spiro atoms. The number of para-hydroxylation sites is 2. The maximum absolute atomic E-state index is 6.15. The maximum atomic E-state index is 6.15. The topological polar surface area (TPSA) is 38.0 Å². The summed E-state index contributed by atoms with van der Waals surface area (Å²) in [5, 5.41) is 8.45. The summed E-state index contributed by atoms with van der Waals surface area (Å²) in [4.78, 5) is 0. The summed E-state index contributed by atoms with van der Waals surface area (Å²) in [5.74, 6) is 0. The van der Waals surface area contributed by atoms with Crippen LogP contribution in [0.25, 0.3) is 54.9 Å². The van der Waals surface area contributed by atoms with E-state index in [1.165, 1.54) is 67.8 Å². The van der Waals surface area contributed by atoms with E-state index in [-0.39, 0.29) is 0 Å². The molecule has 7 aromatic carbocycles. The number of hydrogen-bond donors (Lipinski definition) is 2. The molecule has 0 atom stereocenters. The Bertz CT molecular complexity index is 1930. The summed E-state index contributed by atoms with van der Waals surface area (Å²) in [5.41, 5.74) is 16.2. The number of hydrogen-bond acceptors (Lipinski definition) is 2. The largest absolute Gasteiger partial charge is 0.397 e. The van der Waals surface area contributed by atoms with Gasteiger partial charge in [-0.1, -0.05) is 154 Å². The number of fused-ring (bicyclic) bond motifs is 2. The molecular formula is C42H38N2. The van der Waals surface area contributed by atoms with Gasteiger partial charge in [-0.05, 0) is 79.2 Å². The van der Waals surface area contributed by atoms with Crippen LogP contribution in [0.15, 0.2) is 152 Å². The highest BCUT2D eigenvalue weighted by Crippen LogP contribution is 2.44. The van der Waals surface area contributed by atoms with E-state index in [9.17, 15) is 0 Å². The van der Waals surface area contributed by atoms with Crippen molar-refractivity contribution < 1.29 is 0 Å². The van der Waals surface area contributed by atoms with E-state index in [0.717, 1.165) is 17.1 Å². The van der Waals surface area contributed by atoms with Crippen molar-refractivity contribution in [1.29, 1.82) is 0 Å². The van der Waals surface area contributed by atoms with Gasteiger partial charge >= 0.3 is 0 Å². The van der Waals surface area contributed by atoms with Crippen LogP contribution in [0, 0.1) is 0 Å². The molecule has 0 aliphatic rings. The van der Waals surface area contributed by atoms with Gasteiger partial charge in [0.15, 0.2) is 0 Å². The molecule has 0 unspecified atom stereocenters. The molecule has 0 amide bonds. The minimum absolute atomic E-state index is 0.732. The van der Waals surface area contributed by atoms with E-state index in [1.807, 2.05) is 24.3 Å². The predicted octanol–water partition coefficient (Wildman–Crippen LogP) is 12.1. The van der Waals surface area contributed by atoms with Gasteiger partial charge in [0.05, 0.1) is 11.4 Å². The van der Waals surface area contributed by atoms with E-state index in [1.54, 1.807) is 0 Å². The smallest absolute Gasteiger partial charge is 0.0617 e. The molecule has 0 aliphatic carbocycles. The predicted molar refractivity (Wildman–Crippen MR) is 192 cm³/mol. The van der Waals surface area contributed by atoms with Crippen LogP contribution in [-0.4, -0.2) is 0 Å². The van der Waals surface area contributed by atoms with Crippen LogP contribution >= 0.6 is 0 Å². The molecule has 7 aromatic rings. The molecule has 0 heterocycles. The van der Waals surface area contributed by atoms with Gasteiger partial charge in [0.25, 0.3) is 0 Å². The van der Waals surface area contributed by atoms with Crippen molar-refractivity contribution in [2.75, 3.05) is 11.1 Å². The zero-order valence-corrected chi connectivity index (χ0v) is 25.4. The summed E-state index contributed by atoms with van der Waals surface area (Å²) < 4.78 is 0. The zero-order valence-electron chi connectivity index (χ0n) is 25.4. The van der Waals surface area contributed by atoms with E-state index in [0.29, 0.717) is 0 Å². The molecule has 0 fully saturated rings. The minimum atomic E-state index is 0.732. The first-order chi connectivity index (χ1) is 21.7. The van der Waals surface area contributed by atoms with E-state index in [2.05, 4.69) is 147 Å². The molecule has 0 radical (unpaired) electrons. The van der Waals surface area contributed by atoms with Crippen LogP contribution in [0.5, 0.6) is 0 Å². The lowest BCUT2D eigenvalue weighted by Crippen LogP contribution is -1.95. The highest BCUT2D eigenvalue weighted by molar-refractivity contribution is 6.21. The molecule has 216 valence electrons. The molecule has 7 rings (SSSR count). The molecule has 0 saturated heterocycles. The Hall–Kier alpha value is -5.34. The van der Waals surface area contributed by atoms with Gasteiger partial charge in [0.2, 0.25) is 0 Å². The second kappa shape index (κ2) is 13.3. The number of unbranched alkanes of at least 4 members (excludes halogenated alkanes) is 1. The first-order valence-corrected chi connectivity index (χ1v) is 15.5. The van der Waals surface area contributed by atoms with Gasteiger partial charge in [0.1, 0.15) is 0 Å². The minimum Gasteiger partial charge on any atom is -0.397 e. The van der Waals surface area contributed by atoms with Gasteiger partial charge in [-0.15, -0.1) is 0 Å². The lowest BCUT2D eigenvalue weighted by atomic mass is 9.85. The summed E-state index contributed by atoms with van der Waals surface area (Å²) in [6.07, 6.45) is 2.64. The molecule has 2 nitrogen and oxygen atoms in total. The quantitative estimate of drug-likeness (QED) is 0.154. The van der Waals surface area contributed by atoms with Crippen molar-refractivity contribution in [3.63, 3.8) is 0 Å². The van der Waals surface area contributed by atoms with Crippen molar-refractivity contribution in [2.45, 2.75) is 26.7 Å². The van der Waals surface area contributed by atoms with Crippen LogP contribution in [0.1, 0.15) is 26.7 Å². The fraction of sp³-hybridized carbons (Fsp3) is 0.0952. The van der Waals surface area contributed by atoms with Crippen LogP contribution in [-0.2, 0) is 0 Å². The number of nitrogens with two attached hydrogens (primary N) is 1. The highest BCUT2D eigenvalue weighted by atomic mass is 14.9. The summed E-state index contributed by atoms with van der Waals surface area (Å²) in [6.45, 7) is 4.36. The monoisotopic (exact) mass is 570 g/mol. The lowest BCUT2D eigenvalue weighted by Gasteiger charge is -2.18. The summed E-state index contributed by atoms with van der Waals surface area (Å²) in [6, 6.07) is 53.5. The second-order valence-electron chi connectivity index (χ2n) is 11.1. The van der Waals surface area contributed by atoms with Gasteiger partial charge in [-0.2, -0.15) is 0 Å². The molecule has 0 aliphatic heterocycles. The number of rotatable bonds is 6. The Morgan fingerprint density at radius 2 is 0.795 bits per heavy atom. The standard InChI is InChI=1S/C38H28N2.C4H10/c39-35-16-8-9-17-36(35)40-30-24-22-29(23-25-30)38-33-14-6-4-12-31(33)37(32-13-5-7-15-34(32)38)28-20-18-27(19-21-28)26-10-2-1-3-11-26;1-3-4-2/h1-25,40H,39H2;3-4H2,1-2H3. The van der Waals surface area contributed by atoms with Crippen molar-refractivity contribution >= 4 is 38.6 Å². The van der Waals surface area contributed by atoms with Crippen molar-refractivity contribution in [2.24, 2.45) is 0 Å². The molecular weight excluding hydrogens is 532 g/mol. The Morgan fingerprint density at radius 3 is 1.27 bits per heavy atom. The zero-order chi connectivity index (χ0) is 30.3. The fourth-order valence-electron chi connectivity index (χ4n) is 5.70. The Balaban J connectivity index is 0.000000810. The van der Waals surface area contributed by atoms with Crippen LogP contribution < -0.4 is 11.1 Å². The van der Waals surface area contributed by atoms with E-state index in [4.69, 9.17) is 5.73 Å². The fourth-order valence-corrected chi connectivity index (χ4v) is 5.70. The number of nitrogens with one attached hydrogen (secondary N) is 1. The molecule has 44 heavy (non-hydrogen) atoms. The number of benzene rings is 7. The molecule has 0 aromatic heterocycles. The summed E-state index contributed by atoms with van der Waals surface area (Å²) in [7, 11) is 0. The second-order valence-corrected chi connectivity index (χ2v) is 11.1.